The van der Waals surface area contributed by atoms with E-state index in [1.165, 1.54) is 43.6 Å². The fraction of sp³-hybridized carbons (Fsp3) is 0.154. The topological polar surface area (TPSA) is 120 Å². The lowest BCUT2D eigenvalue weighted by molar-refractivity contribution is 0.0978. The Morgan fingerprint density at radius 2 is 1.73 bits per heavy atom. The van der Waals surface area contributed by atoms with Crippen LogP contribution in [0.4, 0.5) is 4.39 Å². The van der Waals surface area contributed by atoms with Crippen LogP contribution >= 0.6 is 0 Å². The van der Waals surface area contributed by atoms with E-state index in [1.807, 2.05) is 37.6 Å². The molecule has 9 nitrogen and oxygen atoms in total. The molecule has 0 aliphatic heterocycles. The molecule has 0 spiro atoms. The Kier molecular flexibility index (Phi) is 7.16. The number of amides is 1. The van der Waals surface area contributed by atoms with Crippen molar-refractivity contribution in [3.63, 3.8) is 0 Å². The monoisotopic (exact) mass is 522 g/mol. The number of benzene rings is 1. The summed E-state index contributed by atoms with van der Waals surface area (Å²) in [6.07, 6.45) is 2.29. The molecule has 0 radical (unpaired) electrons. The Morgan fingerprint density at radius 1 is 1.00 bits per heavy atom. The van der Waals surface area contributed by atoms with E-state index in [4.69, 9.17) is 9.47 Å². The maximum Gasteiger partial charge on any atom is 0.281 e. The molecule has 1 amide bonds. The molecule has 0 fully saturated rings. The van der Waals surface area contributed by atoms with Crippen LogP contribution in [0.15, 0.2) is 66.0 Å². The van der Waals surface area contributed by atoms with Gasteiger partial charge in [0, 0.05) is 17.8 Å². The third kappa shape index (κ3) is 5.56. The first kappa shape index (κ1) is 25.7. The number of hydrogen-bond donors (Lipinski definition) is 1. The Bertz CT molecular complexity index is 1570. The summed E-state index contributed by atoms with van der Waals surface area (Å²) in [5.74, 6) is -1.28. The second-order valence-corrected chi connectivity index (χ2v) is 9.82. The molecule has 0 saturated carbocycles. The second-order valence-electron chi connectivity index (χ2n) is 8.19. The molecular weight excluding hydrogens is 499 g/mol. The van der Waals surface area contributed by atoms with Crippen molar-refractivity contribution in [3.8, 4) is 28.8 Å². The first-order valence-electron chi connectivity index (χ1n) is 11.0. The Morgan fingerprint density at radius 3 is 2.38 bits per heavy atom. The van der Waals surface area contributed by atoms with Crippen LogP contribution in [0.25, 0.3) is 11.3 Å². The number of methoxy groups -OCH3 is 1. The highest BCUT2D eigenvalue weighted by Gasteiger charge is 2.25. The summed E-state index contributed by atoms with van der Waals surface area (Å²) < 4.78 is 53.2. The minimum absolute atomic E-state index is 0.0575. The molecule has 0 aliphatic rings. The summed E-state index contributed by atoms with van der Waals surface area (Å²) in [4.78, 5) is 25.1. The number of halogens is 1. The lowest BCUT2D eigenvalue weighted by Gasteiger charge is -2.16. The smallest absolute Gasteiger partial charge is 0.281 e. The molecule has 190 valence electrons. The van der Waals surface area contributed by atoms with Crippen molar-refractivity contribution < 1.29 is 27.1 Å². The van der Waals surface area contributed by atoms with Crippen molar-refractivity contribution in [2.45, 2.75) is 25.8 Å². The van der Waals surface area contributed by atoms with E-state index < -0.39 is 21.7 Å². The number of pyridine rings is 3. The van der Waals surface area contributed by atoms with Gasteiger partial charge in [0.2, 0.25) is 11.8 Å². The molecule has 1 N–H and O–H groups in total. The second kappa shape index (κ2) is 10.3. The van der Waals surface area contributed by atoms with E-state index in [-0.39, 0.29) is 33.6 Å². The number of rotatable bonds is 7. The largest absolute Gasteiger partial charge is 0.481 e. The van der Waals surface area contributed by atoms with E-state index in [2.05, 4.69) is 15.0 Å². The first-order valence-corrected chi connectivity index (χ1v) is 12.5. The van der Waals surface area contributed by atoms with Crippen molar-refractivity contribution in [2.24, 2.45) is 0 Å². The van der Waals surface area contributed by atoms with Crippen LogP contribution in [0.2, 0.25) is 0 Å². The van der Waals surface area contributed by atoms with Crippen molar-refractivity contribution >= 4 is 15.9 Å². The number of sulfonamides is 1. The third-order valence-corrected chi connectivity index (χ3v) is 6.61. The standard InChI is InChI=1S/C26H23FN4O5S/c1-15-11-16(2)24(17(3)12-15)36-26-18(25(32)31-37(33,34)23-7-5-6-10-28-23)8-9-21(30-26)19-13-22(35-4)29-14-20(19)27/h5-14H,1-4H3,(H,31,32). The average Bonchev–Trinajstić information content (AvgIpc) is 2.86. The van der Waals surface area contributed by atoms with Gasteiger partial charge in [0.05, 0.1) is 19.0 Å². The van der Waals surface area contributed by atoms with Gasteiger partial charge in [-0.1, -0.05) is 23.8 Å². The molecule has 0 saturated heterocycles. The molecule has 37 heavy (non-hydrogen) atoms. The van der Waals surface area contributed by atoms with Gasteiger partial charge in [0.25, 0.3) is 15.9 Å². The first-order chi connectivity index (χ1) is 17.6. The van der Waals surface area contributed by atoms with Gasteiger partial charge < -0.3 is 9.47 Å². The van der Waals surface area contributed by atoms with Crippen LogP contribution in [0.3, 0.4) is 0 Å². The number of carbonyl (C=O) groups excluding carboxylic acids is 1. The van der Waals surface area contributed by atoms with Crippen molar-refractivity contribution in [1.82, 2.24) is 19.7 Å². The fourth-order valence-corrected chi connectivity index (χ4v) is 4.64. The highest BCUT2D eigenvalue weighted by Crippen LogP contribution is 2.33. The van der Waals surface area contributed by atoms with Crippen molar-refractivity contribution in [1.29, 1.82) is 0 Å². The van der Waals surface area contributed by atoms with Gasteiger partial charge in [-0.2, -0.15) is 8.42 Å². The Hall–Kier alpha value is -4.38. The van der Waals surface area contributed by atoms with Crippen molar-refractivity contribution in [3.05, 3.63) is 89.0 Å². The molecule has 11 heteroatoms. The zero-order chi connectivity index (χ0) is 26.7. The maximum absolute atomic E-state index is 14.6. The van der Waals surface area contributed by atoms with Gasteiger partial charge in [0.1, 0.15) is 11.3 Å². The fourth-order valence-electron chi connectivity index (χ4n) is 3.73. The zero-order valence-electron chi connectivity index (χ0n) is 20.4. The van der Waals surface area contributed by atoms with Gasteiger partial charge in [-0.3, -0.25) is 4.79 Å². The average molecular weight is 523 g/mol. The minimum Gasteiger partial charge on any atom is -0.481 e. The summed E-state index contributed by atoms with van der Waals surface area (Å²) >= 11 is 0. The van der Waals surface area contributed by atoms with Crippen molar-refractivity contribution in [2.75, 3.05) is 7.11 Å². The van der Waals surface area contributed by atoms with E-state index in [0.29, 0.717) is 5.75 Å². The van der Waals surface area contributed by atoms with Gasteiger partial charge in [-0.05, 0) is 56.2 Å². The lowest BCUT2D eigenvalue weighted by Crippen LogP contribution is -2.31. The molecule has 0 bridgehead atoms. The summed E-state index contributed by atoms with van der Waals surface area (Å²) in [5.41, 5.74) is 2.56. The summed E-state index contributed by atoms with van der Waals surface area (Å²) in [5, 5.41) is -0.327. The maximum atomic E-state index is 14.6. The van der Waals surface area contributed by atoms with Gasteiger partial charge in [0.15, 0.2) is 10.8 Å². The number of aryl methyl sites for hydroxylation is 3. The lowest BCUT2D eigenvalue weighted by atomic mass is 10.1. The number of hydrogen-bond acceptors (Lipinski definition) is 8. The van der Waals surface area contributed by atoms with Gasteiger partial charge in [-0.15, -0.1) is 0 Å². The molecule has 0 atom stereocenters. The summed E-state index contributed by atoms with van der Waals surface area (Å²) in [6, 6.07) is 12.1. The number of nitrogens with zero attached hydrogens (tertiary/aromatic N) is 3. The molecule has 4 rings (SSSR count). The zero-order valence-corrected chi connectivity index (χ0v) is 21.3. The Balaban J connectivity index is 1.81. The SMILES string of the molecule is COc1cc(-c2ccc(C(=O)NS(=O)(=O)c3ccccn3)c(Oc3c(C)cc(C)cc3C)n2)c(F)cn1. The van der Waals surface area contributed by atoms with E-state index in [0.717, 1.165) is 22.9 Å². The molecule has 4 aromatic rings. The van der Waals surface area contributed by atoms with Crippen LogP contribution in [-0.2, 0) is 10.0 Å². The van der Waals surface area contributed by atoms with Gasteiger partial charge >= 0.3 is 0 Å². The highest BCUT2D eigenvalue weighted by atomic mass is 32.2. The molecule has 3 heterocycles. The van der Waals surface area contributed by atoms with Crippen LogP contribution < -0.4 is 14.2 Å². The number of nitrogens with one attached hydrogen (secondary N) is 1. The van der Waals surface area contributed by atoms with E-state index >= 15 is 0 Å². The Labute approximate surface area is 213 Å². The third-order valence-electron chi connectivity index (χ3n) is 5.36. The van der Waals surface area contributed by atoms with E-state index in [1.54, 1.807) is 6.07 Å². The van der Waals surface area contributed by atoms with Crippen LogP contribution in [-0.4, -0.2) is 36.4 Å². The summed E-state index contributed by atoms with van der Waals surface area (Å²) in [6.45, 7) is 5.60. The van der Waals surface area contributed by atoms with E-state index in [9.17, 15) is 17.6 Å². The normalized spacial score (nSPS) is 11.2. The minimum atomic E-state index is -4.28. The molecule has 0 unspecified atom stereocenters. The molecule has 1 aromatic carbocycles. The van der Waals surface area contributed by atoms with Gasteiger partial charge in [-0.25, -0.2) is 24.1 Å². The summed E-state index contributed by atoms with van der Waals surface area (Å²) in [7, 11) is -2.88. The molecule has 0 aliphatic carbocycles. The molecular formula is C26H23FN4O5S. The predicted octanol–water partition coefficient (Wildman–Crippen LogP) is 4.52. The predicted molar refractivity (Wildman–Crippen MR) is 134 cm³/mol. The number of ether oxygens (including phenoxy) is 2. The number of aromatic nitrogens is 3. The highest BCUT2D eigenvalue weighted by molar-refractivity contribution is 7.90. The van der Waals surface area contributed by atoms with Crippen LogP contribution in [0.1, 0.15) is 27.0 Å². The molecule has 3 aromatic heterocycles. The number of carbonyl (C=O) groups is 1. The quantitative estimate of drug-likeness (QED) is 0.376. The van der Waals surface area contributed by atoms with Crippen LogP contribution in [0.5, 0.6) is 17.5 Å². The van der Waals surface area contributed by atoms with Crippen LogP contribution in [0, 0.1) is 26.6 Å².